The maximum Gasteiger partial charge on any atom is 0.0655 e. The van der Waals surface area contributed by atoms with Gasteiger partial charge in [-0.25, -0.2) is 0 Å². The van der Waals surface area contributed by atoms with Gasteiger partial charge >= 0.3 is 0 Å². The third-order valence-electron chi connectivity index (χ3n) is 1.61. The first-order chi connectivity index (χ1) is 4.70. The lowest BCUT2D eigenvalue weighted by Crippen LogP contribution is -2.03. The molecular weight excluding hydrogens is 126 g/mol. The van der Waals surface area contributed by atoms with E-state index >= 15 is 0 Å². The number of nitrogens with zero attached hydrogens (tertiary/aromatic N) is 1. The van der Waals surface area contributed by atoms with Crippen LogP contribution in [-0.4, -0.2) is 11.2 Å². The summed E-state index contributed by atoms with van der Waals surface area (Å²) in [5.74, 6) is 0.134. The predicted molar refractivity (Wildman–Crippen MR) is 40.3 cm³/mol. The van der Waals surface area contributed by atoms with Gasteiger partial charge in [0, 0.05) is 5.92 Å². The molecule has 0 saturated heterocycles. The number of hydrogen-bond acceptors (Lipinski definition) is 2. The van der Waals surface area contributed by atoms with Crippen molar-refractivity contribution in [1.29, 1.82) is 5.26 Å². The topological polar surface area (TPSA) is 44.0 Å². The lowest BCUT2D eigenvalue weighted by molar-refractivity contribution is 0.176. The molecule has 0 aliphatic heterocycles. The molecule has 1 N–H and O–H groups in total. The monoisotopic (exact) mass is 141 g/mol. The summed E-state index contributed by atoms with van der Waals surface area (Å²) in [5, 5.41) is 17.4. The van der Waals surface area contributed by atoms with Crippen LogP contribution in [0.15, 0.2) is 0 Å². The molecule has 2 nitrogen and oxygen atoms in total. The van der Waals surface area contributed by atoms with Crippen molar-refractivity contribution in [3.8, 4) is 6.07 Å². The van der Waals surface area contributed by atoms with Gasteiger partial charge in [-0.05, 0) is 26.2 Å². The van der Waals surface area contributed by atoms with E-state index in [9.17, 15) is 0 Å². The number of aliphatic hydroxyl groups is 1. The SMILES string of the molecule is CCC(C#N)CCC(C)O. The Morgan fingerprint density at radius 2 is 2.10 bits per heavy atom. The van der Waals surface area contributed by atoms with Gasteiger partial charge < -0.3 is 5.11 Å². The highest BCUT2D eigenvalue weighted by molar-refractivity contribution is 4.81. The molecule has 0 fully saturated rings. The van der Waals surface area contributed by atoms with Crippen LogP contribution in [0, 0.1) is 17.2 Å². The molecule has 2 heteroatoms. The van der Waals surface area contributed by atoms with Crippen LogP contribution in [-0.2, 0) is 0 Å². The minimum absolute atomic E-state index is 0.134. The van der Waals surface area contributed by atoms with Crippen molar-refractivity contribution in [2.24, 2.45) is 5.92 Å². The third kappa shape index (κ3) is 4.34. The van der Waals surface area contributed by atoms with Gasteiger partial charge in [-0.15, -0.1) is 0 Å². The fourth-order valence-corrected chi connectivity index (χ4v) is 0.802. The number of rotatable bonds is 4. The Morgan fingerprint density at radius 1 is 1.50 bits per heavy atom. The third-order valence-corrected chi connectivity index (χ3v) is 1.61. The summed E-state index contributed by atoms with van der Waals surface area (Å²) >= 11 is 0. The molecule has 0 saturated carbocycles. The zero-order valence-corrected chi connectivity index (χ0v) is 6.67. The molecule has 0 radical (unpaired) electrons. The molecule has 0 bridgehead atoms. The van der Waals surface area contributed by atoms with Crippen molar-refractivity contribution in [3.05, 3.63) is 0 Å². The number of nitriles is 1. The van der Waals surface area contributed by atoms with Crippen LogP contribution < -0.4 is 0 Å². The molecule has 0 aromatic heterocycles. The number of hydrogen-bond donors (Lipinski definition) is 1. The Hall–Kier alpha value is -0.550. The molecule has 0 rings (SSSR count). The summed E-state index contributed by atoms with van der Waals surface area (Å²) in [5.41, 5.74) is 0. The highest BCUT2D eigenvalue weighted by Gasteiger charge is 2.05. The Kier molecular flexibility index (Phi) is 4.96. The molecule has 10 heavy (non-hydrogen) atoms. The van der Waals surface area contributed by atoms with Gasteiger partial charge in [0.1, 0.15) is 0 Å². The Balaban J connectivity index is 3.38. The van der Waals surface area contributed by atoms with E-state index in [4.69, 9.17) is 10.4 Å². The highest BCUT2D eigenvalue weighted by Crippen LogP contribution is 2.10. The molecule has 58 valence electrons. The second-order valence-electron chi connectivity index (χ2n) is 2.66. The van der Waals surface area contributed by atoms with Crippen molar-refractivity contribution in [1.82, 2.24) is 0 Å². The van der Waals surface area contributed by atoms with Crippen LogP contribution in [0.25, 0.3) is 0 Å². The average Bonchev–Trinajstić information content (AvgIpc) is 1.90. The van der Waals surface area contributed by atoms with Crippen molar-refractivity contribution in [3.63, 3.8) is 0 Å². The van der Waals surface area contributed by atoms with Crippen LogP contribution in [0.4, 0.5) is 0 Å². The van der Waals surface area contributed by atoms with Crippen LogP contribution in [0.3, 0.4) is 0 Å². The Labute approximate surface area is 62.5 Å². The van der Waals surface area contributed by atoms with Crippen molar-refractivity contribution < 1.29 is 5.11 Å². The summed E-state index contributed by atoms with van der Waals surface area (Å²) in [6.07, 6.45) is 2.20. The van der Waals surface area contributed by atoms with E-state index < -0.39 is 0 Å². The van der Waals surface area contributed by atoms with Crippen LogP contribution >= 0.6 is 0 Å². The molecule has 0 aliphatic carbocycles. The molecule has 0 spiro atoms. The van der Waals surface area contributed by atoms with E-state index in [-0.39, 0.29) is 12.0 Å². The molecule has 0 aromatic rings. The highest BCUT2D eigenvalue weighted by atomic mass is 16.3. The van der Waals surface area contributed by atoms with Crippen molar-refractivity contribution in [2.45, 2.75) is 39.2 Å². The minimum atomic E-state index is -0.262. The Bertz CT molecular complexity index is 115. The summed E-state index contributed by atoms with van der Waals surface area (Å²) < 4.78 is 0. The standard InChI is InChI=1S/C8H15NO/c1-3-8(6-9)5-4-7(2)10/h7-8,10H,3-5H2,1-2H3. The van der Waals surface area contributed by atoms with Gasteiger partial charge in [0.25, 0.3) is 0 Å². The van der Waals surface area contributed by atoms with Gasteiger partial charge in [0.05, 0.1) is 12.2 Å². The van der Waals surface area contributed by atoms with Crippen LogP contribution in [0.1, 0.15) is 33.1 Å². The van der Waals surface area contributed by atoms with Crippen LogP contribution in [0.5, 0.6) is 0 Å². The largest absolute Gasteiger partial charge is 0.393 e. The zero-order chi connectivity index (χ0) is 7.98. The lowest BCUT2D eigenvalue weighted by atomic mass is 10.0. The van der Waals surface area contributed by atoms with Crippen LogP contribution in [0.2, 0.25) is 0 Å². The predicted octanol–water partition coefficient (Wildman–Crippen LogP) is 1.70. The minimum Gasteiger partial charge on any atom is -0.393 e. The normalized spacial score (nSPS) is 15.8. The molecule has 0 amide bonds. The molecular formula is C8H15NO. The van der Waals surface area contributed by atoms with Gasteiger partial charge in [-0.1, -0.05) is 6.92 Å². The molecule has 0 aliphatic rings. The molecule has 2 unspecified atom stereocenters. The first-order valence-electron chi connectivity index (χ1n) is 3.78. The quantitative estimate of drug-likeness (QED) is 0.647. The van der Waals surface area contributed by atoms with E-state index in [1.807, 2.05) is 6.92 Å². The Morgan fingerprint density at radius 3 is 2.40 bits per heavy atom. The second kappa shape index (κ2) is 5.25. The lowest BCUT2D eigenvalue weighted by Gasteiger charge is -2.06. The fraction of sp³-hybridized carbons (Fsp3) is 0.875. The van der Waals surface area contributed by atoms with Gasteiger partial charge in [-0.3, -0.25) is 0 Å². The molecule has 2 atom stereocenters. The van der Waals surface area contributed by atoms with Gasteiger partial charge in [0.15, 0.2) is 0 Å². The first kappa shape index (κ1) is 9.45. The van der Waals surface area contributed by atoms with E-state index in [2.05, 4.69) is 6.07 Å². The summed E-state index contributed by atoms with van der Waals surface area (Å²) in [6.45, 7) is 3.75. The fourth-order valence-electron chi connectivity index (χ4n) is 0.802. The van der Waals surface area contributed by atoms with E-state index in [0.29, 0.717) is 0 Å². The van der Waals surface area contributed by atoms with Gasteiger partial charge in [0.2, 0.25) is 0 Å². The van der Waals surface area contributed by atoms with E-state index in [1.165, 1.54) is 0 Å². The maximum absolute atomic E-state index is 8.88. The zero-order valence-electron chi connectivity index (χ0n) is 6.67. The van der Waals surface area contributed by atoms with Crippen molar-refractivity contribution >= 4 is 0 Å². The van der Waals surface area contributed by atoms with E-state index in [0.717, 1.165) is 19.3 Å². The summed E-state index contributed by atoms with van der Waals surface area (Å²) in [4.78, 5) is 0. The average molecular weight is 141 g/mol. The van der Waals surface area contributed by atoms with Crippen molar-refractivity contribution in [2.75, 3.05) is 0 Å². The first-order valence-corrected chi connectivity index (χ1v) is 3.78. The van der Waals surface area contributed by atoms with E-state index in [1.54, 1.807) is 6.92 Å². The molecule has 0 aromatic carbocycles. The maximum atomic E-state index is 8.88. The molecule has 0 heterocycles. The smallest absolute Gasteiger partial charge is 0.0655 e. The summed E-state index contributed by atoms with van der Waals surface area (Å²) in [6, 6.07) is 2.20. The van der Waals surface area contributed by atoms with Gasteiger partial charge in [-0.2, -0.15) is 5.26 Å². The second-order valence-corrected chi connectivity index (χ2v) is 2.66. The number of aliphatic hydroxyl groups excluding tert-OH is 1. The summed E-state index contributed by atoms with van der Waals surface area (Å²) in [7, 11) is 0.